The molecule has 1 atom stereocenters. The van der Waals surface area contributed by atoms with E-state index in [1.165, 1.54) is 17.0 Å². The van der Waals surface area contributed by atoms with Gasteiger partial charge in [-0.3, -0.25) is 14.5 Å². The van der Waals surface area contributed by atoms with Crippen LogP contribution in [0.5, 0.6) is 5.75 Å². The van der Waals surface area contributed by atoms with Gasteiger partial charge >= 0.3 is 0 Å². The van der Waals surface area contributed by atoms with Crippen LogP contribution in [0, 0.1) is 5.82 Å². The van der Waals surface area contributed by atoms with E-state index in [9.17, 15) is 19.1 Å². The number of hydrogen-bond acceptors (Lipinski definition) is 6. The maximum atomic E-state index is 14.7. The Labute approximate surface area is 217 Å². The number of carbonyl (C=O) groups is 2. The van der Waals surface area contributed by atoms with Crippen molar-refractivity contribution in [1.29, 1.82) is 0 Å². The first kappa shape index (κ1) is 26.8. The summed E-state index contributed by atoms with van der Waals surface area (Å²) in [6.45, 7) is 11.4. The van der Waals surface area contributed by atoms with Crippen LogP contribution < -0.4 is 4.74 Å². The Morgan fingerprint density at radius 3 is 2.32 bits per heavy atom. The van der Waals surface area contributed by atoms with Crippen LogP contribution in [0.4, 0.5) is 4.39 Å². The molecule has 1 N–H and O–H groups in total. The zero-order chi connectivity index (χ0) is 26.7. The van der Waals surface area contributed by atoms with Crippen LogP contribution in [-0.2, 0) is 14.3 Å². The molecule has 8 heteroatoms. The molecule has 198 valence electrons. The topological polar surface area (TPSA) is 79.3 Å². The summed E-state index contributed by atoms with van der Waals surface area (Å²) in [5, 5.41) is 11.3. The Morgan fingerprint density at radius 1 is 1.05 bits per heavy atom. The molecule has 0 bridgehead atoms. The largest absolute Gasteiger partial charge is 0.507 e. The molecular formula is C29H35FN2O5. The molecule has 2 heterocycles. The van der Waals surface area contributed by atoms with Gasteiger partial charge in [0, 0.05) is 31.7 Å². The van der Waals surface area contributed by atoms with Crippen LogP contribution in [0.1, 0.15) is 56.3 Å². The fraction of sp³-hybridized carbons (Fsp3) is 0.448. The van der Waals surface area contributed by atoms with Gasteiger partial charge in [0.15, 0.2) is 11.6 Å². The molecule has 1 amide bonds. The van der Waals surface area contributed by atoms with Gasteiger partial charge in [-0.2, -0.15) is 0 Å². The molecule has 2 saturated heterocycles. The highest BCUT2D eigenvalue weighted by molar-refractivity contribution is 6.46. The molecule has 2 aliphatic heterocycles. The van der Waals surface area contributed by atoms with Crippen molar-refractivity contribution in [3.63, 3.8) is 0 Å². The summed E-state index contributed by atoms with van der Waals surface area (Å²) in [6.07, 6.45) is -0.223. The van der Waals surface area contributed by atoms with Gasteiger partial charge in [-0.15, -0.1) is 0 Å². The zero-order valence-electron chi connectivity index (χ0n) is 21.9. The molecule has 2 aliphatic rings. The van der Waals surface area contributed by atoms with Gasteiger partial charge < -0.3 is 19.5 Å². The van der Waals surface area contributed by atoms with E-state index in [-0.39, 0.29) is 23.0 Å². The Balaban J connectivity index is 1.73. The number of likely N-dealkylation sites (tertiary alicyclic amines) is 1. The molecule has 2 aromatic rings. The fourth-order valence-corrected chi connectivity index (χ4v) is 4.75. The van der Waals surface area contributed by atoms with Crippen molar-refractivity contribution in [2.45, 2.75) is 45.8 Å². The van der Waals surface area contributed by atoms with E-state index >= 15 is 0 Å². The fourth-order valence-electron chi connectivity index (χ4n) is 4.75. The van der Waals surface area contributed by atoms with Crippen LogP contribution in [-0.4, -0.2) is 72.1 Å². The third kappa shape index (κ3) is 5.86. The third-order valence-corrected chi connectivity index (χ3v) is 6.79. The summed E-state index contributed by atoms with van der Waals surface area (Å²) < 4.78 is 25.6. The molecule has 37 heavy (non-hydrogen) atoms. The molecule has 2 aromatic carbocycles. The first-order valence-electron chi connectivity index (χ1n) is 12.8. The summed E-state index contributed by atoms with van der Waals surface area (Å²) in [5.41, 5.74) is 1.91. The summed E-state index contributed by atoms with van der Waals surface area (Å²) in [6, 6.07) is 11.0. The number of nitrogens with zero attached hydrogens (tertiary/aromatic N) is 2. The van der Waals surface area contributed by atoms with E-state index in [1.54, 1.807) is 13.8 Å². The molecule has 0 aliphatic carbocycles. The van der Waals surface area contributed by atoms with Crippen molar-refractivity contribution >= 4 is 17.4 Å². The Bertz CT molecular complexity index is 1170. The predicted octanol–water partition coefficient (Wildman–Crippen LogP) is 4.49. The van der Waals surface area contributed by atoms with Gasteiger partial charge in [0.1, 0.15) is 5.76 Å². The standard InChI is InChI=1S/C29H35FN2O5/c1-18(2)20-5-7-21(8-6-20)26-25(27(33)22-9-10-24(23(30)17-22)37-19(3)4)28(34)29(35)32(26)12-11-31-13-15-36-16-14-31/h5-10,17-19,26,33H,11-16H2,1-4H3/b27-25+/t26-/m1/s1. The van der Waals surface area contributed by atoms with Crippen molar-refractivity contribution in [2.24, 2.45) is 0 Å². The first-order valence-corrected chi connectivity index (χ1v) is 12.8. The van der Waals surface area contributed by atoms with Crippen LogP contribution in [0.2, 0.25) is 0 Å². The Hall–Kier alpha value is -3.23. The number of halogens is 1. The van der Waals surface area contributed by atoms with E-state index in [1.807, 2.05) is 24.3 Å². The van der Waals surface area contributed by atoms with E-state index < -0.39 is 29.3 Å². The molecule has 0 aromatic heterocycles. The lowest BCUT2D eigenvalue weighted by atomic mass is 9.93. The maximum absolute atomic E-state index is 14.7. The van der Waals surface area contributed by atoms with E-state index in [2.05, 4.69) is 18.7 Å². The molecular weight excluding hydrogens is 475 g/mol. The minimum atomic E-state index is -0.781. The summed E-state index contributed by atoms with van der Waals surface area (Å²) in [4.78, 5) is 30.2. The van der Waals surface area contributed by atoms with Crippen LogP contribution >= 0.6 is 0 Å². The SMILES string of the molecule is CC(C)Oc1ccc(/C(O)=C2\C(=O)C(=O)N(CCN3CCOCC3)[C@@H]2c2ccc(C(C)C)cc2)cc1F. The van der Waals surface area contributed by atoms with Gasteiger partial charge in [-0.1, -0.05) is 38.1 Å². The van der Waals surface area contributed by atoms with Gasteiger partial charge in [0.25, 0.3) is 11.7 Å². The van der Waals surface area contributed by atoms with E-state index in [4.69, 9.17) is 9.47 Å². The highest BCUT2D eigenvalue weighted by Gasteiger charge is 2.46. The summed E-state index contributed by atoms with van der Waals surface area (Å²) in [7, 11) is 0. The van der Waals surface area contributed by atoms with E-state index in [0.29, 0.717) is 37.8 Å². The average molecular weight is 511 g/mol. The number of morpholine rings is 1. The number of aliphatic hydroxyl groups excluding tert-OH is 1. The van der Waals surface area contributed by atoms with Crippen molar-refractivity contribution in [3.8, 4) is 5.75 Å². The summed E-state index contributed by atoms with van der Waals surface area (Å²) >= 11 is 0. The van der Waals surface area contributed by atoms with Crippen LogP contribution in [0.15, 0.2) is 48.0 Å². The van der Waals surface area contributed by atoms with Gasteiger partial charge in [-0.05, 0) is 49.1 Å². The normalized spacial score (nSPS) is 20.3. The molecule has 2 fully saturated rings. The van der Waals surface area contributed by atoms with Crippen molar-refractivity contribution in [1.82, 2.24) is 9.80 Å². The monoisotopic (exact) mass is 510 g/mol. The minimum Gasteiger partial charge on any atom is -0.507 e. The quantitative estimate of drug-likeness (QED) is 0.320. The van der Waals surface area contributed by atoms with Crippen molar-refractivity contribution in [3.05, 3.63) is 70.5 Å². The second kappa shape index (κ2) is 11.4. The van der Waals surface area contributed by atoms with Crippen LogP contribution in [0.25, 0.3) is 5.76 Å². The number of benzene rings is 2. The highest BCUT2D eigenvalue weighted by atomic mass is 19.1. The lowest BCUT2D eigenvalue weighted by Crippen LogP contribution is -2.42. The number of hydrogen-bond donors (Lipinski definition) is 1. The van der Waals surface area contributed by atoms with Gasteiger partial charge in [0.2, 0.25) is 0 Å². The molecule has 0 saturated carbocycles. The maximum Gasteiger partial charge on any atom is 0.295 e. The summed E-state index contributed by atoms with van der Waals surface area (Å²) in [5.74, 6) is -2.14. The average Bonchev–Trinajstić information content (AvgIpc) is 3.13. The van der Waals surface area contributed by atoms with E-state index in [0.717, 1.165) is 24.7 Å². The number of ether oxygens (including phenoxy) is 2. The lowest BCUT2D eigenvalue weighted by Gasteiger charge is -2.31. The molecule has 0 radical (unpaired) electrons. The number of carbonyl (C=O) groups excluding carboxylic acids is 2. The Kier molecular flexibility index (Phi) is 8.29. The minimum absolute atomic E-state index is 0.0406. The number of Topliss-reactive ketones (excluding diaryl/α,β-unsaturated/α-hetero) is 1. The van der Waals surface area contributed by atoms with Crippen molar-refractivity contribution < 1.29 is 28.6 Å². The lowest BCUT2D eigenvalue weighted by molar-refractivity contribution is -0.140. The number of rotatable bonds is 8. The molecule has 7 nitrogen and oxygen atoms in total. The molecule has 0 spiro atoms. The smallest absolute Gasteiger partial charge is 0.295 e. The Morgan fingerprint density at radius 2 is 1.73 bits per heavy atom. The van der Waals surface area contributed by atoms with Crippen LogP contribution in [0.3, 0.4) is 0 Å². The predicted molar refractivity (Wildman–Crippen MR) is 139 cm³/mol. The zero-order valence-corrected chi connectivity index (χ0v) is 21.9. The second-order valence-corrected chi connectivity index (χ2v) is 10.1. The number of aliphatic hydroxyl groups is 1. The number of amides is 1. The van der Waals surface area contributed by atoms with Gasteiger partial charge in [-0.25, -0.2) is 4.39 Å². The molecule has 0 unspecified atom stereocenters. The number of ketones is 1. The van der Waals surface area contributed by atoms with Crippen molar-refractivity contribution in [2.75, 3.05) is 39.4 Å². The first-order chi connectivity index (χ1) is 17.7. The third-order valence-electron chi connectivity index (χ3n) is 6.79. The highest BCUT2D eigenvalue weighted by Crippen LogP contribution is 2.40. The second-order valence-electron chi connectivity index (χ2n) is 10.1. The molecule has 4 rings (SSSR count). The van der Waals surface area contributed by atoms with Gasteiger partial charge in [0.05, 0.1) is 30.9 Å².